The van der Waals surface area contributed by atoms with E-state index < -0.39 is 40.5 Å². The number of aliphatic imine (C=N–C) groups is 1. The number of alkyl halides is 3. The first-order chi connectivity index (χ1) is 12.7. The highest BCUT2D eigenvalue weighted by Crippen LogP contribution is 2.36. The van der Waals surface area contributed by atoms with Gasteiger partial charge in [-0.3, -0.25) is 4.99 Å². The Hall–Kier alpha value is -3.16. The molecular formula is C19H15F4NO3. The summed E-state index contributed by atoms with van der Waals surface area (Å²) in [5, 5.41) is 10.3. The van der Waals surface area contributed by atoms with Crippen LogP contribution in [-0.2, 0) is 15.7 Å². The SMILES string of the molecule is CCOC(=O)/C(C=Nc1ccc(F)cc1C(F)(F)F)=C(/O)c1ccccc1. The van der Waals surface area contributed by atoms with Gasteiger partial charge in [-0.05, 0) is 25.1 Å². The number of carbonyl (C=O) groups is 1. The predicted molar refractivity (Wildman–Crippen MR) is 92.2 cm³/mol. The first-order valence-electron chi connectivity index (χ1n) is 7.80. The Morgan fingerprint density at radius 1 is 1.19 bits per heavy atom. The lowest BCUT2D eigenvalue weighted by Gasteiger charge is -2.10. The molecule has 0 unspecified atom stereocenters. The first kappa shape index (κ1) is 20.2. The van der Waals surface area contributed by atoms with E-state index in [0.29, 0.717) is 6.07 Å². The number of aliphatic hydroxyl groups is 1. The first-order valence-corrected chi connectivity index (χ1v) is 7.80. The summed E-state index contributed by atoms with van der Waals surface area (Å²) in [6.07, 6.45) is -4.08. The molecule has 0 atom stereocenters. The number of rotatable bonds is 5. The molecule has 0 saturated heterocycles. The number of ether oxygens (including phenoxy) is 1. The average Bonchev–Trinajstić information content (AvgIpc) is 2.63. The number of hydrogen-bond acceptors (Lipinski definition) is 4. The van der Waals surface area contributed by atoms with Crippen molar-refractivity contribution >= 4 is 23.6 Å². The molecule has 0 heterocycles. The fraction of sp³-hybridized carbons (Fsp3) is 0.158. The van der Waals surface area contributed by atoms with Gasteiger partial charge < -0.3 is 9.84 Å². The van der Waals surface area contributed by atoms with Gasteiger partial charge in [0.1, 0.15) is 17.1 Å². The average molecular weight is 381 g/mol. The van der Waals surface area contributed by atoms with E-state index >= 15 is 0 Å². The minimum Gasteiger partial charge on any atom is -0.506 e. The summed E-state index contributed by atoms with van der Waals surface area (Å²) >= 11 is 0. The molecule has 0 fully saturated rings. The standard InChI is InChI=1S/C19H15F4NO3/c1-2-27-18(26)14(17(25)12-6-4-3-5-7-12)11-24-16-9-8-13(20)10-15(16)19(21,22)23/h3-11,25H,2H2,1H3/b17-14+,24-11?. The molecule has 27 heavy (non-hydrogen) atoms. The Balaban J connectivity index is 2.53. The smallest absolute Gasteiger partial charge is 0.418 e. The summed E-state index contributed by atoms with van der Waals surface area (Å²) in [6, 6.07) is 9.84. The van der Waals surface area contributed by atoms with E-state index in [-0.39, 0.29) is 12.2 Å². The fourth-order valence-corrected chi connectivity index (χ4v) is 2.15. The Morgan fingerprint density at radius 2 is 1.85 bits per heavy atom. The van der Waals surface area contributed by atoms with Gasteiger partial charge in [0.25, 0.3) is 0 Å². The van der Waals surface area contributed by atoms with E-state index in [1.54, 1.807) is 18.2 Å². The van der Waals surface area contributed by atoms with Crippen LogP contribution in [0.2, 0.25) is 0 Å². The third-order valence-electron chi connectivity index (χ3n) is 3.39. The summed E-state index contributed by atoms with van der Waals surface area (Å²) in [5.41, 5.74) is -2.09. The van der Waals surface area contributed by atoms with Crippen LogP contribution < -0.4 is 0 Å². The second kappa shape index (κ2) is 8.48. The van der Waals surface area contributed by atoms with Crippen molar-refractivity contribution in [3.8, 4) is 0 Å². The lowest BCUT2D eigenvalue weighted by Crippen LogP contribution is -2.11. The van der Waals surface area contributed by atoms with Gasteiger partial charge in [-0.2, -0.15) is 13.2 Å². The Bertz CT molecular complexity index is 874. The lowest BCUT2D eigenvalue weighted by atomic mass is 10.1. The Labute approximate surface area is 152 Å². The second-order valence-electron chi connectivity index (χ2n) is 5.27. The third-order valence-corrected chi connectivity index (χ3v) is 3.39. The lowest BCUT2D eigenvalue weighted by molar-refractivity contribution is -0.138. The van der Waals surface area contributed by atoms with E-state index in [1.807, 2.05) is 0 Å². The highest BCUT2D eigenvalue weighted by Gasteiger charge is 2.34. The molecule has 0 aromatic heterocycles. The molecule has 4 nitrogen and oxygen atoms in total. The fourth-order valence-electron chi connectivity index (χ4n) is 2.15. The van der Waals surface area contributed by atoms with Crippen LogP contribution in [0, 0.1) is 5.82 Å². The van der Waals surface area contributed by atoms with Crippen LogP contribution in [0.5, 0.6) is 0 Å². The molecule has 142 valence electrons. The van der Waals surface area contributed by atoms with Gasteiger partial charge in [0.15, 0.2) is 0 Å². The molecule has 0 amide bonds. The largest absolute Gasteiger partial charge is 0.506 e. The summed E-state index contributed by atoms with van der Waals surface area (Å²) in [4.78, 5) is 15.7. The van der Waals surface area contributed by atoms with Crippen LogP contribution in [0.1, 0.15) is 18.1 Å². The quantitative estimate of drug-likeness (QED) is 0.258. The summed E-state index contributed by atoms with van der Waals surface area (Å²) in [7, 11) is 0. The minimum absolute atomic E-state index is 0.0113. The van der Waals surface area contributed by atoms with E-state index in [4.69, 9.17) is 4.74 Å². The van der Waals surface area contributed by atoms with Crippen LogP contribution in [0.25, 0.3) is 5.76 Å². The number of aliphatic hydroxyl groups excluding tert-OH is 1. The highest BCUT2D eigenvalue weighted by molar-refractivity contribution is 6.15. The van der Waals surface area contributed by atoms with Gasteiger partial charge in [0.05, 0.1) is 17.9 Å². The normalized spacial score (nSPS) is 12.8. The zero-order chi connectivity index (χ0) is 20.0. The van der Waals surface area contributed by atoms with Crippen LogP contribution >= 0.6 is 0 Å². The molecule has 2 aromatic carbocycles. The molecule has 8 heteroatoms. The molecule has 0 saturated carbocycles. The van der Waals surface area contributed by atoms with Gasteiger partial charge in [-0.1, -0.05) is 30.3 Å². The Morgan fingerprint density at radius 3 is 2.44 bits per heavy atom. The number of nitrogens with zero attached hydrogens (tertiary/aromatic N) is 1. The van der Waals surface area contributed by atoms with Gasteiger partial charge in [0.2, 0.25) is 0 Å². The van der Waals surface area contributed by atoms with Crippen molar-refractivity contribution in [2.75, 3.05) is 6.61 Å². The molecule has 0 radical (unpaired) electrons. The molecule has 2 aromatic rings. The van der Waals surface area contributed by atoms with E-state index in [0.717, 1.165) is 18.3 Å². The zero-order valence-electron chi connectivity index (χ0n) is 14.1. The molecule has 0 spiro atoms. The molecule has 0 aliphatic heterocycles. The van der Waals surface area contributed by atoms with Crippen molar-refractivity contribution in [1.82, 2.24) is 0 Å². The third kappa shape index (κ3) is 5.16. The van der Waals surface area contributed by atoms with Gasteiger partial charge in [0, 0.05) is 11.8 Å². The predicted octanol–water partition coefficient (Wildman–Crippen LogP) is 5.08. The second-order valence-corrected chi connectivity index (χ2v) is 5.27. The van der Waals surface area contributed by atoms with E-state index in [1.165, 1.54) is 19.1 Å². The topological polar surface area (TPSA) is 58.9 Å². The highest BCUT2D eigenvalue weighted by atomic mass is 19.4. The number of carbonyl (C=O) groups excluding carboxylic acids is 1. The van der Waals surface area contributed by atoms with Crippen LogP contribution in [0.3, 0.4) is 0 Å². The summed E-state index contributed by atoms with van der Waals surface area (Å²) < 4.78 is 57.2. The number of halogens is 4. The number of esters is 1. The molecule has 0 aliphatic rings. The van der Waals surface area contributed by atoms with E-state index in [2.05, 4.69) is 4.99 Å². The maximum absolute atomic E-state index is 13.2. The van der Waals surface area contributed by atoms with Crippen molar-refractivity contribution in [2.45, 2.75) is 13.1 Å². The van der Waals surface area contributed by atoms with Crippen molar-refractivity contribution in [3.05, 3.63) is 71.0 Å². The summed E-state index contributed by atoms with van der Waals surface area (Å²) in [5.74, 6) is -2.54. The molecule has 1 N–H and O–H groups in total. The van der Waals surface area contributed by atoms with Gasteiger partial charge in [-0.25, -0.2) is 9.18 Å². The van der Waals surface area contributed by atoms with Gasteiger partial charge >= 0.3 is 12.1 Å². The minimum atomic E-state index is -4.84. The number of hydrogen-bond donors (Lipinski definition) is 1. The van der Waals surface area contributed by atoms with Crippen LogP contribution in [0.15, 0.2) is 59.1 Å². The Kier molecular flexibility index (Phi) is 6.33. The van der Waals surface area contributed by atoms with Crippen LogP contribution in [-0.4, -0.2) is 23.9 Å². The molecule has 2 rings (SSSR count). The van der Waals surface area contributed by atoms with Crippen molar-refractivity contribution < 1.29 is 32.2 Å². The zero-order valence-corrected chi connectivity index (χ0v) is 14.1. The molecular weight excluding hydrogens is 366 g/mol. The maximum Gasteiger partial charge on any atom is 0.418 e. The van der Waals surface area contributed by atoms with Crippen molar-refractivity contribution in [2.24, 2.45) is 4.99 Å². The summed E-state index contributed by atoms with van der Waals surface area (Å²) in [6.45, 7) is 1.52. The monoisotopic (exact) mass is 381 g/mol. The number of benzene rings is 2. The van der Waals surface area contributed by atoms with Gasteiger partial charge in [-0.15, -0.1) is 0 Å². The van der Waals surface area contributed by atoms with Crippen molar-refractivity contribution in [1.29, 1.82) is 0 Å². The molecule has 0 bridgehead atoms. The molecule has 0 aliphatic carbocycles. The van der Waals surface area contributed by atoms with E-state index in [9.17, 15) is 27.5 Å². The van der Waals surface area contributed by atoms with Crippen molar-refractivity contribution in [3.63, 3.8) is 0 Å². The van der Waals surface area contributed by atoms with Crippen LogP contribution in [0.4, 0.5) is 23.2 Å². The maximum atomic E-state index is 13.2.